The van der Waals surface area contributed by atoms with E-state index in [0.29, 0.717) is 5.92 Å². The predicted octanol–water partition coefficient (Wildman–Crippen LogP) is 1.51. The number of hydrogen-bond donors (Lipinski definition) is 1. The molecule has 1 aliphatic rings. The molecule has 2 aromatic rings. The van der Waals surface area contributed by atoms with Crippen LogP contribution in [0.2, 0.25) is 0 Å². The fraction of sp³-hybridized carbons (Fsp3) is 0.333. The average Bonchev–Trinajstić information content (AvgIpc) is 2.57. The van der Waals surface area contributed by atoms with Gasteiger partial charge < -0.3 is 9.88 Å². The number of aromatic amines is 1. The number of para-hydroxylation sites is 2. The predicted molar refractivity (Wildman–Crippen MR) is 61.1 cm³/mol. The number of nitrogens with one attached hydrogen (secondary N) is 1. The van der Waals surface area contributed by atoms with Crippen molar-refractivity contribution in [3.05, 3.63) is 30.1 Å². The molecule has 0 atom stereocenters. The largest absolute Gasteiger partial charge is 0.342 e. The van der Waals surface area contributed by atoms with Gasteiger partial charge in [-0.25, -0.2) is 4.98 Å². The van der Waals surface area contributed by atoms with Crippen LogP contribution >= 0.6 is 0 Å². The first-order valence-electron chi connectivity index (χ1n) is 5.44. The van der Waals surface area contributed by atoms with E-state index in [-0.39, 0.29) is 5.91 Å². The van der Waals surface area contributed by atoms with E-state index in [4.69, 9.17) is 0 Å². The third-order valence-electron chi connectivity index (χ3n) is 3.12. The summed E-state index contributed by atoms with van der Waals surface area (Å²) in [6, 6.07) is 7.99. The van der Waals surface area contributed by atoms with E-state index < -0.39 is 0 Å². The second-order valence-corrected chi connectivity index (χ2v) is 4.26. The van der Waals surface area contributed by atoms with Crippen molar-refractivity contribution in [2.45, 2.75) is 12.8 Å². The molecule has 0 unspecified atom stereocenters. The number of aromatic nitrogens is 2. The molecule has 1 aromatic heterocycles. The molecule has 1 fully saturated rings. The molecule has 1 aliphatic heterocycles. The van der Waals surface area contributed by atoms with Crippen LogP contribution in [0.15, 0.2) is 24.3 Å². The summed E-state index contributed by atoms with van der Waals surface area (Å²) in [4.78, 5) is 20.7. The van der Waals surface area contributed by atoms with Crippen molar-refractivity contribution in [1.29, 1.82) is 0 Å². The SMILES string of the molecule is CC(=O)N1CC(c2nc3ccccc3[nH]2)C1. The van der Waals surface area contributed by atoms with Crippen LogP contribution in [-0.2, 0) is 4.79 Å². The standard InChI is InChI=1S/C12H13N3O/c1-8(16)15-6-9(7-15)12-13-10-4-2-3-5-11(10)14-12/h2-5,9H,6-7H2,1H3,(H,13,14). The zero-order valence-corrected chi connectivity index (χ0v) is 9.10. The molecule has 16 heavy (non-hydrogen) atoms. The summed E-state index contributed by atoms with van der Waals surface area (Å²) in [6.07, 6.45) is 0. The molecule has 3 rings (SSSR count). The third kappa shape index (κ3) is 1.38. The minimum absolute atomic E-state index is 0.146. The van der Waals surface area contributed by atoms with Gasteiger partial charge in [-0.05, 0) is 12.1 Å². The molecule has 0 spiro atoms. The summed E-state index contributed by atoms with van der Waals surface area (Å²) < 4.78 is 0. The summed E-state index contributed by atoms with van der Waals surface area (Å²) >= 11 is 0. The van der Waals surface area contributed by atoms with Gasteiger partial charge in [0.25, 0.3) is 0 Å². The monoisotopic (exact) mass is 215 g/mol. The van der Waals surface area contributed by atoms with E-state index >= 15 is 0 Å². The molecule has 2 heterocycles. The summed E-state index contributed by atoms with van der Waals surface area (Å²) in [6.45, 7) is 3.18. The van der Waals surface area contributed by atoms with E-state index in [1.807, 2.05) is 29.2 Å². The highest BCUT2D eigenvalue weighted by atomic mass is 16.2. The summed E-state index contributed by atoms with van der Waals surface area (Å²) in [5, 5.41) is 0. The summed E-state index contributed by atoms with van der Waals surface area (Å²) in [5.74, 6) is 1.52. The molecule has 0 radical (unpaired) electrons. The minimum Gasteiger partial charge on any atom is -0.342 e. The number of likely N-dealkylation sites (tertiary alicyclic amines) is 1. The van der Waals surface area contributed by atoms with Gasteiger partial charge in [0.05, 0.1) is 17.0 Å². The van der Waals surface area contributed by atoms with Crippen molar-refractivity contribution in [2.75, 3.05) is 13.1 Å². The van der Waals surface area contributed by atoms with Gasteiger partial charge in [-0.3, -0.25) is 4.79 Å². The second-order valence-electron chi connectivity index (χ2n) is 4.26. The van der Waals surface area contributed by atoms with E-state index in [1.165, 1.54) is 0 Å². The number of carbonyl (C=O) groups is 1. The number of fused-ring (bicyclic) bond motifs is 1. The molecule has 1 aromatic carbocycles. The highest BCUT2D eigenvalue weighted by molar-refractivity contribution is 5.76. The number of H-pyrrole nitrogens is 1. The zero-order valence-electron chi connectivity index (χ0n) is 9.10. The van der Waals surface area contributed by atoms with Gasteiger partial charge in [0.1, 0.15) is 5.82 Å². The third-order valence-corrected chi connectivity index (χ3v) is 3.12. The van der Waals surface area contributed by atoms with Gasteiger partial charge in [0.2, 0.25) is 5.91 Å². The first-order chi connectivity index (χ1) is 7.74. The highest BCUT2D eigenvalue weighted by Crippen LogP contribution is 2.26. The number of benzene rings is 1. The van der Waals surface area contributed by atoms with E-state index in [2.05, 4.69) is 9.97 Å². The fourth-order valence-electron chi connectivity index (χ4n) is 2.07. The van der Waals surface area contributed by atoms with Crippen LogP contribution in [-0.4, -0.2) is 33.9 Å². The van der Waals surface area contributed by atoms with Gasteiger partial charge in [0, 0.05) is 20.0 Å². The van der Waals surface area contributed by atoms with Crippen LogP contribution < -0.4 is 0 Å². The van der Waals surface area contributed by atoms with Crippen molar-refractivity contribution >= 4 is 16.9 Å². The maximum atomic E-state index is 11.1. The fourth-order valence-corrected chi connectivity index (χ4v) is 2.07. The molecular weight excluding hydrogens is 202 g/mol. The maximum Gasteiger partial charge on any atom is 0.219 e. The quantitative estimate of drug-likeness (QED) is 0.783. The van der Waals surface area contributed by atoms with Crippen LogP contribution in [0.3, 0.4) is 0 Å². The number of nitrogens with zero attached hydrogens (tertiary/aromatic N) is 2. The lowest BCUT2D eigenvalue weighted by atomic mass is 10.00. The van der Waals surface area contributed by atoms with Crippen molar-refractivity contribution in [1.82, 2.24) is 14.9 Å². The van der Waals surface area contributed by atoms with Gasteiger partial charge in [0.15, 0.2) is 0 Å². The number of hydrogen-bond acceptors (Lipinski definition) is 2. The van der Waals surface area contributed by atoms with E-state index in [9.17, 15) is 4.79 Å². The Morgan fingerprint density at radius 2 is 2.19 bits per heavy atom. The van der Waals surface area contributed by atoms with Crippen molar-refractivity contribution in [3.63, 3.8) is 0 Å². The lowest BCUT2D eigenvalue weighted by Gasteiger charge is -2.37. The molecule has 1 saturated heterocycles. The minimum atomic E-state index is 0.146. The molecule has 1 N–H and O–H groups in total. The smallest absolute Gasteiger partial charge is 0.219 e. The van der Waals surface area contributed by atoms with Gasteiger partial charge in [-0.2, -0.15) is 0 Å². The highest BCUT2D eigenvalue weighted by Gasteiger charge is 2.31. The van der Waals surface area contributed by atoms with Gasteiger partial charge in [-0.15, -0.1) is 0 Å². The molecule has 82 valence electrons. The maximum absolute atomic E-state index is 11.1. The number of carbonyl (C=O) groups excluding carboxylic acids is 1. The van der Waals surface area contributed by atoms with Crippen LogP contribution in [0.4, 0.5) is 0 Å². The van der Waals surface area contributed by atoms with Gasteiger partial charge in [-0.1, -0.05) is 12.1 Å². The molecule has 0 saturated carbocycles. The van der Waals surface area contributed by atoms with Crippen molar-refractivity contribution in [2.24, 2.45) is 0 Å². The molecule has 4 nitrogen and oxygen atoms in total. The van der Waals surface area contributed by atoms with Crippen LogP contribution in [0.5, 0.6) is 0 Å². The topological polar surface area (TPSA) is 49.0 Å². The summed E-state index contributed by atoms with van der Waals surface area (Å²) in [5.41, 5.74) is 2.07. The Bertz CT molecular complexity index is 507. The second kappa shape index (κ2) is 3.33. The molecule has 0 bridgehead atoms. The normalized spacial score (nSPS) is 16.4. The lowest BCUT2D eigenvalue weighted by molar-refractivity contribution is -0.133. The first-order valence-corrected chi connectivity index (χ1v) is 5.44. The Hall–Kier alpha value is -1.84. The zero-order chi connectivity index (χ0) is 11.1. The van der Waals surface area contributed by atoms with Crippen LogP contribution in [0.1, 0.15) is 18.7 Å². The van der Waals surface area contributed by atoms with Crippen LogP contribution in [0.25, 0.3) is 11.0 Å². The molecular formula is C12H13N3O. The Balaban J connectivity index is 1.83. The van der Waals surface area contributed by atoms with Gasteiger partial charge >= 0.3 is 0 Å². The van der Waals surface area contributed by atoms with E-state index in [1.54, 1.807) is 6.92 Å². The Labute approximate surface area is 93.3 Å². The Morgan fingerprint density at radius 1 is 1.44 bits per heavy atom. The number of amides is 1. The van der Waals surface area contributed by atoms with Crippen LogP contribution in [0, 0.1) is 0 Å². The van der Waals surface area contributed by atoms with Crippen molar-refractivity contribution in [3.8, 4) is 0 Å². The van der Waals surface area contributed by atoms with E-state index in [0.717, 1.165) is 29.9 Å². The number of rotatable bonds is 1. The molecule has 1 amide bonds. The Kier molecular flexibility index (Phi) is 1.96. The Morgan fingerprint density at radius 3 is 2.88 bits per heavy atom. The molecule has 4 heteroatoms. The summed E-state index contributed by atoms with van der Waals surface area (Å²) in [7, 11) is 0. The van der Waals surface area contributed by atoms with Crippen molar-refractivity contribution < 1.29 is 4.79 Å². The average molecular weight is 215 g/mol. The molecule has 0 aliphatic carbocycles. The number of imidazole rings is 1. The lowest BCUT2D eigenvalue weighted by Crippen LogP contribution is -2.47. The first kappa shape index (κ1) is 9.39.